The van der Waals surface area contributed by atoms with Crippen LogP contribution in [0.25, 0.3) is 88.4 Å². The normalized spacial score (nSPS) is 12.5. The third-order valence-corrected chi connectivity index (χ3v) is 16.4. The molecule has 0 N–H and O–H groups in total. The van der Waals surface area contributed by atoms with Gasteiger partial charge in [0.05, 0.1) is 62.4 Å². The molecule has 0 amide bonds. The number of ether oxygens (including phenoxy) is 1. The van der Waals surface area contributed by atoms with Crippen molar-refractivity contribution in [1.82, 2.24) is 9.13 Å². The molecular weight excluding hydrogens is 962 g/mol. The van der Waals surface area contributed by atoms with Crippen LogP contribution >= 0.6 is 0 Å². The monoisotopic (exact) mass is 1010 g/mol. The Labute approximate surface area is 458 Å². The summed E-state index contributed by atoms with van der Waals surface area (Å²) in [6.07, 6.45) is 0. The van der Waals surface area contributed by atoms with Crippen LogP contribution < -0.4 is 26.0 Å². The molecule has 15 rings (SSSR count). The first-order chi connectivity index (χ1) is 38.7. The van der Waals surface area contributed by atoms with Crippen molar-refractivity contribution in [3.63, 3.8) is 0 Å². The van der Waals surface area contributed by atoms with Crippen molar-refractivity contribution in [2.75, 3.05) is 4.90 Å². The summed E-state index contributed by atoms with van der Waals surface area (Å²) in [5, 5.41) is 25.7. The van der Waals surface area contributed by atoms with E-state index in [0.717, 1.165) is 117 Å². The van der Waals surface area contributed by atoms with E-state index in [-0.39, 0.29) is 12.1 Å². The number of nitrogens with zero attached hydrogens (tertiary/aromatic N) is 5. The number of anilines is 3. The molecule has 6 nitrogen and oxygen atoms in total. The lowest BCUT2D eigenvalue weighted by Crippen LogP contribution is -2.59. The lowest BCUT2D eigenvalue weighted by Gasteiger charge is -2.42. The maximum atomic E-state index is 10.6. The fourth-order valence-electron chi connectivity index (χ4n) is 12.7. The number of fused-ring (bicyclic) bond motifs is 10. The molecule has 0 fully saturated rings. The van der Waals surface area contributed by atoms with Crippen LogP contribution in [0.4, 0.5) is 17.1 Å². The second-order valence-corrected chi connectivity index (χ2v) is 21.9. The van der Waals surface area contributed by atoms with E-state index in [4.69, 9.17) is 4.74 Å². The summed E-state index contributed by atoms with van der Waals surface area (Å²) < 4.78 is 12.1. The minimum atomic E-state index is -0.247. The number of hydrogen-bond donors (Lipinski definition) is 0. The molecule has 0 aliphatic carbocycles. The van der Waals surface area contributed by atoms with Crippen molar-refractivity contribution in [2.24, 2.45) is 0 Å². The number of para-hydroxylation sites is 5. The molecule has 0 unspecified atom stereocenters. The highest BCUT2D eigenvalue weighted by molar-refractivity contribution is 6.99. The Morgan fingerprint density at radius 2 is 0.873 bits per heavy atom. The lowest BCUT2D eigenvalue weighted by atomic mass is 9.34. The second-order valence-electron chi connectivity index (χ2n) is 21.9. The first-order valence-electron chi connectivity index (χ1n) is 26.9. The van der Waals surface area contributed by atoms with Gasteiger partial charge in [-0.2, -0.15) is 10.5 Å². The molecule has 0 radical (unpaired) electrons. The van der Waals surface area contributed by atoms with Crippen LogP contribution in [-0.4, -0.2) is 15.8 Å². The molecule has 2 aliphatic heterocycles. The van der Waals surface area contributed by atoms with Crippen molar-refractivity contribution >= 4 is 83.8 Å². The molecule has 0 atom stereocenters. The Kier molecular flexibility index (Phi) is 10.3. The lowest BCUT2D eigenvalue weighted by molar-refractivity contribution is 0.483. The fourth-order valence-corrected chi connectivity index (χ4v) is 12.7. The Morgan fingerprint density at radius 1 is 0.380 bits per heavy atom. The Bertz CT molecular complexity index is 4690. The van der Waals surface area contributed by atoms with Gasteiger partial charge < -0.3 is 18.8 Å². The van der Waals surface area contributed by atoms with Gasteiger partial charge in [-0.1, -0.05) is 166 Å². The van der Waals surface area contributed by atoms with Crippen molar-refractivity contribution in [3.8, 4) is 68.4 Å². The molecule has 7 heteroatoms. The number of rotatable bonds is 6. The van der Waals surface area contributed by atoms with Crippen molar-refractivity contribution in [3.05, 3.63) is 253 Å². The second kappa shape index (κ2) is 17.6. The first-order valence-corrected chi connectivity index (χ1v) is 26.9. The van der Waals surface area contributed by atoms with Crippen LogP contribution in [0.1, 0.15) is 37.5 Å². The Balaban J connectivity index is 0.986. The topological polar surface area (TPSA) is 69.9 Å². The van der Waals surface area contributed by atoms with Gasteiger partial charge in [-0.25, -0.2) is 0 Å². The third-order valence-electron chi connectivity index (χ3n) is 16.4. The number of benzene rings is 11. The summed E-state index contributed by atoms with van der Waals surface area (Å²) in [5.41, 5.74) is 20.9. The maximum absolute atomic E-state index is 10.6. The van der Waals surface area contributed by atoms with E-state index in [2.05, 4.69) is 265 Å². The van der Waals surface area contributed by atoms with Gasteiger partial charge in [0.2, 0.25) is 0 Å². The van der Waals surface area contributed by atoms with E-state index in [1.807, 2.05) is 18.2 Å². The number of aromatic nitrogens is 2. The van der Waals surface area contributed by atoms with Gasteiger partial charge in [0.15, 0.2) is 0 Å². The van der Waals surface area contributed by atoms with Crippen LogP contribution in [0, 0.1) is 22.7 Å². The first kappa shape index (κ1) is 46.0. The molecule has 370 valence electrons. The zero-order valence-corrected chi connectivity index (χ0v) is 43.7. The molecule has 0 saturated carbocycles. The summed E-state index contributed by atoms with van der Waals surface area (Å²) in [7, 11) is 0. The SMILES string of the molecule is CC(C)(C)c1cc2c3c(c1)N(c1ccccc1-c1ccccc1)c1cc(-c4cc(C#N)ccc4-n4c5ccccc5c5ccccc54)ccc1B3c1ccc(-c3cc(C#N)ccc3-n3c4ccccc4c4ccccc43)cc1O2. The van der Waals surface area contributed by atoms with Gasteiger partial charge in [-0.05, 0) is 135 Å². The summed E-state index contributed by atoms with van der Waals surface area (Å²) in [6.45, 7) is 6.58. The van der Waals surface area contributed by atoms with Crippen LogP contribution in [-0.2, 0) is 5.41 Å². The molecule has 13 aromatic rings. The largest absolute Gasteiger partial charge is 0.458 e. The quantitative estimate of drug-likeness (QED) is 0.156. The summed E-state index contributed by atoms with van der Waals surface area (Å²) in [5.74, 6) is 1.59. The fraction of sp³-hybridized carbons (Fsp3) is 0.0556. The molecule has 0 spiro atoms. The van der Waals surface area contributed by atoms with Crippen LogP contribution in [0.5, 0.6) is 11.5 Å². The van der Waals surface area contributed by atoms with Gasteiger partial charge in [-0.3, -0.25) is 0 Å². The average molecular weight is 1010 g/mol. The predicted molar refractivity (Wildman–Crippen MR) is 325 cm³/mol. The maximum Gasteiger partial charge on any atom is 0.256 e. The third kappa shape index (κ3) is 7.10. The van der Waals surface area contributed by atoms with E-state index >= 15 is 0 Å². The predicted octanol–water partition coefficient (Wildman–Crippen LogP) is 16.3. The summed E-state index contributed by atoms with van der Waals surface area (Å²) in [4.78, 5) is 2.47. The zero-order valence-electron chi connectivity index (χ0n) is 43.7. The highest BCUT2D eigenvalue weighted by Crippen LogP contribution is 2.48. The van der Waals surface area contributed by atoms with Crippen LogP contribution in [0.2, 0.25) is 0 Å². The summed E-state index contributed by atoms with van der Waals surface area (Å²) in [6, 6.07) is 88.8. The van der Waals surface area contributed by atoms with E-state index in [1.165, 1.54) is 21.5 Å². The van der Waals surface area contributed by atoms with E-state index in [9.17, 15) is 10.5 Å². The molecule has 0 bridgehead atoms. The highest BCUT2D eigenvalue weighted by atomic mass is 16.5. The molecular formula is C72H48BN5O. The standard InChI is InChI=1S/C72H48BN5O/c1-72(2,3)50-41-68-71-70(42-50)79-69-40-49(57-38-46(44-75)30-36-66(57)77-63-27-15-10-22-54(63)55-23-11-16-28-64(55)77)32-34-59(69)73(71)58-33-31-48(39-67(58)78(68)60-24-12-7-19-51(60)47-17-5-4-6-18-47)56-37-45(43-74)29-35-65(56)76-61-25-13-8-20-52(61)53-21-9-14-26-62(53)76/h4-42H,1-3H3. The van der Waals surface area contributed by atoms with Crippen LogP contribution in [0.3, 0.4) is 0 Å². The van der Waals surface area contributed by atoms with Gasteiger partial charge in [0.25, 0.3) is 6.71 Å². The molecule has 11 aromatic carbocycles. The highest BCUT2D eigenvalue weighted by Gasteiger charge is 2.43. The zero-order chi connectivity index (χ0) is 53.1. The van der Waals surface area contributed by atoms with Crippen molar-refractivity contribution in [2.45, 2.75) is 26.2 Å². The van der Waals surface area contributed by atoms with Gasteiger partial charge >= 0.3 is 0 Å². The number of hydrogen-bond acceptors (Lipinski definition) is 4. The van der Waals surface area contributed by atoms with Crippen LogP contribution in [0.15, 0.2) is 237 Å². The summed E-state index contributed by atoms with van der Waals surface area (Å²) >= 11 is 0. The van der Waals surface area contributed by atoms with Crippen molar-refractivity contribution in [1.29, 1.82) is 10.5 Å². The molecule has 79 heavy (non-hydrogen) atoms. The smallest absolute Gasteiger partial charge is 0.256 e. The Hall–Kier alpha value is -10.3. The van der Waals surface area contributed by atoms with E-state index < -0.39 is 0 Å². The van der Waals surface area contributed by atoms with Gasteiger partial charge in [0.1, 0.15) is 11.5 Å². The molecule has 0 saturated heterocycles. The van der Waals surface area contributed by atoms with E-state index in [0.29, 0.717) is 11.1 Å². The average Bonchev–Trinajstić information content (AvgIpc) is 3.86. The molecule has 2 aliphatic rings. The van der Waals surface area contributed by atoms with Gasteiger partial charge in [-0.15, -0.1) is 0 Å². The van der Waals surface area contributed by atoms with E-state index in [1.54, 1.807) is 0 Å². The molecule has 2 aromatic heterocycles. The minimum Gasteiger partial charge on any atom is -0.458 e. The van der Waals surface area contributed by atoms with Gasteiger partial charge in [0, 0.05) is 49.6 Å². The Morgan fingerprint density at radius 3 is 1.42 bits per heavy atom. The van der Waals surface area contributed by atoms with Crippen molar-refractivity contribution < 1.29 is 4.74 Å². The minimum absolute atomic E-state index is 0.217. The number of nitriles is 2. The molecule has 4 heterocycles.